The smallest absolute Gasteiger partial charge is 0.249 e. The Kier molecular flexibility index (Phi) is 6.87. The van der Waals surface area contributed by atoms with Crippen molar-refractivity contribution in [3.05, 3.63) is 59.5 Å². The van der Waals surface area contributed by atoms with Gasteiger partial charge < -0.3 is 19.4 Å². The first-order chi connectivity index (χ1) is 13.6. The minimum Gasteiger partial charge on any atom is -0.467 e. The highest BCUT2D eigenvalue weighted by molar-refractivity contribution is 5.82. The number of benzene rings is 1. The molecule has 0 radical (unpaired) electrons. The number of nitrogens with zero attached hydrogens (tertiary/aromatic N) is 1. The number of furan rings is 1. The van der Waals surface area contributed by atoms with Crippen LogP contribution in [0.25, 0.3) is 0 Å². The van der Waals surface area contributed by atoms with Crippen LogP contribution in [0.5, 0.6) is 0 Å². The molecule has 2 amide bonds. The lowest BCUT2D eigenvalue weighted by molar-refractivity contribution is -0.142. The summed E-state index contributed by atoms with van der Waals surface area (Å²) in [7, 11) is 1.51. The van der Waals surface area contributed by atoms with E-state index in [4.69, 9.17) is 9.15 Å². The predicted octanol–water partition coefficient (Wildman–Crippen LogP) is 3.08. The number of carbonyl (C=O) groups is 2. The van der Waals surface area contributed by atoms with Crippen molar-refractivity contribution in [3.63, 3.8) is 0 Å². The maximum absolute atomic E-state index is 12.7. The molecule has 0 aliphatic carbocycles. The van der Waals surface area contributed by atoms with E-state index in [1.807, 2.05) is 6.07 Å². The summed E-state index contributed by atoms with van der Waals surface area (Å²) in [5, 5.41) is 2.91. The zero-order valence-corrected chi connectivity index (χ0v) is 16.5. The fraction of sp³-hybridized carbons (Fsp3) is 0.455. The second-order valence-electron chi connectivity index (χ2n) is 7.16. The van der Waals surface area contributed by atoms with Crippen molar-refractivity contribution in [1.82, 2.24) is 10.2 Å². The van der Waals surface area contributed by atoms with Crippen molar-refractivity contribution < 1.29 is 18.7 Å². The number of rotatable bonds is 7. The van der Waals surface area contributed by atoms with E-state index in [0.717, 1.165) is 24.8 Å². The van der Waals surface area contributed by atoms with Gasteiger partial charge in [0.15, 0.2) is 0 Å². The quantitative estimate of drug-likeness (QED) is 0.796. The first kappa shape index (κ1) is 20.1. The Morgan fingerprint density at radius 2 is 2.00 bits per heavy atom. The van der Waals surface area contributed by atoms with Gasteiger partial charge in [0, 0.05) is 13.7 Å². The number of carbonyl (C=O) groups excluding carboxylic acids is 2. The molecule has 6 nitrogen and oxygen atoms in total. The molecule has 3 rings (SSSR count). The molecule has 6 heteroatoms. The van der Waals surface area contributed by atoms with E-state index in [-0.39, 0.29) is 30.4 Å². The van der Waals surface area contributed by atoms with Crippen LogP contribution in [0.4, 0.5) is 0 Å². The normalized spacial score (nSPS) is 19.4. The highest BCUT2D eigenvalue weighted by atomic mass is 16.5. The van der Waals surface area contributed by atoms with E-state index in [1.165, 1.54) is 12.7 Å². The molecule has 1 N–H and O–H groups in total. The summed E-state index contributed by atoms with van der Waals surface area (Å²) in [4.78, 5) is 27.1. The minimum absolute atomic E-state index is 0.0181. The third-order valence-electron chi connectivity index (χ3n) is 5.33. The molecule has 2 aromatic rings. The molecule has 0 bridgehead atoms. The monoisotopic (exact) mass is 384 g/mol. The molecule has 1 aliphatic rings. The fourth-order valence-corrected chi connectivity index (χ4v) is 3.72. The van der Waals surface area contributed by atoms with Gasteiger partial charge in [0.25, 0.3) is 0 Å². The van der Waals surface area contributed by atoms with E-state index in [2.05, 4.69) is 36.5 Å². The first-order valence-corrected chi connectivity index (χ1v) is 9.79. The number of ether oxygens (including phenoxy) is 1. The SMILES string of the molecule is CCc1ccc(C2CCC(C(=O)NCc3ccco3)CN2C(=O)COC)cc1. The van der Waals surface area contributed by atoms with E-state index in [1.54, 1.807) is 17.2 Å². The Bertz CT molecular complexity index is 770. The second-order valence-corrected chi connectivity index (χ2v) is 7.16. The van der Waals surface area contributed by atoms with Crippen LogP contribution in [-0.2, 0) is 27.3 Å². The van der Waals surface area contributed by atoms with Crippen LogP contribution in [0.2, 0.25) is 0 Å². The number of likely N-dealkylation sites (tertiary alicyclic amines) is 1. The summed E-state index contributed by atoms with van der Waals surface area (Å²) >= 11 is 0. The Balaban J connectivity index is 1.69. The van der Waals surface area contributed by atoms with Crippen LogP contribution >= 0.6 is 0 Å². The molecule has 1 aliphatic heterocycles. The van der Waals surface area contributed by atoms with E-state index >= 15 is 0 Å². The van der Waals surface area contributed by atoms with E-state index in [0.29, 0.717) is 18.8 Å². The van der Waals surface area contributed by atoms with Gasteiger partial charge in [-0.25, -0.2) is 0 Å². The number of amides is 2. The summed E-state index contributed by atoms with van der Waals surface area (Å²) in [6, 6.07) is 12.0. The number of aryl methyl sites for hydroxylation is 1. The molecule has 1 aromatic heterocycles. The molecule has 0 spiro atoms. The maximum atomic E-state index is 12.7. The van der Waals surface area contributed by atoms with Crippen molar-refractivity contribution in [3.8, 4) is 0 Å². The van der Waals surface area contributed by atoms with Crippen LogP contribution < -0.4 is 5.32 Å². The summed E-state index contributed by atoms with van der Waals surface area (Å²) in [5.74, 6) is 0.342. The van der Waals surface area contributed by atoms with E-state index in [9.17, 15) is 9.59 Å². The van der Waals surface area contributed by atoms with Gasteiger partial charge >= 0.3 is 0 Å². The predicted molar refractivity (Wildman–Crippen MR) is 105 cm³/mol. The summed E-state index contributed by atoms with van der Waals surface area (Å²) in [5.41, 5.74) is 2.38. The summed E-state index contributed by atoms with van der Waals surface area (Å²) < 4.78 is 10.3. The van der Waals surface area contributed by atoms with Gasteiger partial charge in [-0.15, -0.1) is 0 Å². The highest BCUT2D eigenvalue weighted by Crippen LogP contribution is 2.34. The van der Waals surface area contributed by atoms with Crippen LogP contribution in [0.1, 0.15) is 42.7 Å². The molecule has 2 unspecified atom stereocenters. The van der Waals surface area contributed by atoms with Crippen molar-refractivity contribution in [1.29, 1.82) is 0 Å². The molecular formula is C22H28N2O4. The van der Waals surface area contributed by atoms with Crippen molar-refractivity contribution >= 4 is 11.8 Å². The number of methoxy groups -OCH3 is 1. The standard InChI is InChI=1S/C22H28N2O4/c1-3-16-6-8-17(9-7-16)20-11-10-18(14-24(20)21(25)15-27-2)22(26)23-13-19-5-4-12-28-19/h4-9,12,18,20H,3,10-11,13-15H2,1-2H3,(H,23,26). The molecule has 2 heterocycles. The lowest BCUT2D eigenvalue weighted by Gasteiger charge is -2.39. The fourth-order valence-electron chi connectivity index (χ4n) is 3.72. The topological polar surface area (TPSA) is 71.8 Å². The number of piperidine rings is 1. The molecule has 0 saturated carbocycles. The average molecular weight is 384 g/mol. The third-order valence-corrected chi connectivity index (χ3v) is 5.33. The summed E-state index contributed by atoms with van der Waals surface area (Å²) in [6.07, 6.45) is 4.05. The van der Waals surface area contributed by atoms with Gasteiger partial charge in [0.2, 0.25) is 11.8 Å². The van der Waals surface area contributed by atoms with Gasteiger partial charge in [-0.05, 0) is 42.5 Å². The van der Waals surface area contributed by atoms with Gasteiger partial charge in [0.05, 0.1) is 24.8 Å². The van der Waals surface area contributed by atoms with Crippen molar-refractivity contribution in [2.24, 2.45) is 5.92 Å². The van der Waals surface area contributed by atoms with Crippen LogP contribution in [-0.4, -0.2) is 37.0 Å². The number of hydrogen-bond donors (Lipinski definition) is 1. The molecular weight excluding hydrogens is 356 g/mol. The Labute approximate surface area is 165 Å². The van der Waals surface area contributed by atoms with E-state index < -0.39 is 0 Å². The molecule has 1 fully saturated rings. The molecule has 1 saturated heterocycles. The summed E-state index contributed by atoms with van der Waals surface area (Å²) in [6.45, 7) is 2.89. The Morgan fingerprint density at radius 3 is 2.64 bits per heavy atom. The number of nitrogens with one attached hydrogen (secondary N) is 1. The first-order valence-electron chi connectivity index (χ1n) is 9.79. The largest absolute Gasteiger partial charge is 0.467 e. The van der Waals surface area contributed by atoms with Gasteiger partial charge in [0.1, 0.15) is 12.4 Å². The van der Waals surface area contributed by atoms with Crippen LogP contribution in [0.15, 0.2) is 47.1 Å². The highest BCUT2D eigenvalue weighted by Gasteiger charge is 2.35. The van der Waals surface area contributed by atoms with Gasteiger partial charge in [-0.2, -0.15) is 0 Å². The minimum atomic E-state index is -0.234. The number of hydrogen-bond acceptors (Lipinski definition) is 4. The average Bonchev–Trinajstić information content (AvgIpc) is 3.25. The third kappa shape index (κ3) is 4.81. The zero-order chi connectivity index (χ0) is 19.9. The van der Waals surface area contributed by atoms with Crippen LogP contribution in [0.3, 0.4) is 0 Å². The van der Waals surface area contributed by atoms with Crippen molar-refractivity contribution in [2.45, 2.75) is 38.8 Å². The molecule has 2 atom stereocenters. The zero-order valence-electron chi connectivity index (χ0n) is 16.5. The van der Waals surface area contributed by atoms with Crippen molar-refractivity contribution in [2.75, 3.05) is 20.3 Å². The molecule has 28 heavy (non-hydrogen) atoms. The van der Waals surface area contributed by atoms with Crippen LogP contribution in [0, 0.1) is 5.92 Å². The lowest BCUT2D eigenvalue weighted by atomic mass is 9.88. The van der Waals surface area contributed by atoms with Gasteiger partial charge in [-0.1, -0.05) is 31.2 Å². The Morgan fingerprint density at radius 1 is 1.21 bits per heavy atom. The van der Waals surface area contributed by atoms with Gasteiger partial charge in [-0.3, -0.25) is 9.59 Å². The second kappa shape index (κ2) is 9.55. The molecule has 150 valence electrons. The lowest BCUT2D eigenvalue weighted by Crippen LogP contribution is -2.47. The maximum Gasteiger partial charge on any atom is 0.249 e. The Hall–Kier alpha value is -2.60. The molecule has 1 aromatic carbocycles.